The summed E-state index contributed by atoms with van der Waals surface area (Å²) >= 11 is 14.2. The second-order valence-corrected chi connectivity index (χ2v) is 6.01. The van der Waals surface area contributed by atoms with Gasteiger partial charge in [0.1, 0.15) is 0 Å². The van der Waals surface area contributed by atoms with Crippen molar-refractivity contribution in [1.82, 2.24) is 0 Å². The highest BCUT2D eigenvalue weighted by atomic mass is 79.9. The van der Waals surface area contributed by atoms with E-state index in [0.717, 1.165) is 8.95 Å². The maximum atomic E-state index is 12.2. The van der Waals surface area contributed by atoms with Crippen LogP contribution in [0.2, 0.25) is 5.02 Å². The van der Waals surface area contributed by atoms with Crippen molar-refractivity contribution < 1.29 is 4.79 Å². The number of hydrogen-bond acceptors (Lipinski definition) is 2. The summed E-state index contributed by atoms with van der Waals surface area (Å²) in [6.45, 7) is 0. The standard InChI is InChI=1S/C11H5Br2ClOS/c12-6-1-2-10(14)7(3-6)11(15)8-4-16-5-9(8)13/h1-5H. The lowest BCUT2D eigenvalue weighted by Crippen LogP contribution is -2.01. The molecule has 0 saturated heterocycles. The van der Waals surface area contributed by atoms with Crippen LogP contribution < -0.4 is 0 Å². The molecule has 0 radical (unpaired) electrons. The van der Waals surface area contributed by atoms with Crippen molar-refractivity contribution in [3.63, 3.8) is 0 Å². The molecule has 0 atom stereocenters. The molecule has 0 spiro atoms. The minimum absolute atomic E-state index is 0.0700. The van der Waals surface area contributed by atoms with E-state index in [1.165, 1.54) is 11.3 Å². The molecule has 1 heterocycles. The lowest BCUT2D eigenvalue weighted by atomic mass is 10.1. The van der Waals surface area contributed by atoms with Crippen LogP contribution in [0.5, 0.6) is 0 Å². The summed E-state index contributed by atoms with van der Waals surface area (Å²) in [7, 11) is 0. The zero-order chi connectivity index (χ0) is 11.7. The number of ketones is 1. The Kier molecular flexibility index (Phi) is 3.85. The summed E-state index contributed by atoms with van der Waals surface area (Å²) in [6, 6.07) is 5.25. The van der Waals surface area contributed by atoms with Gasteiger partial charge in [0.15, 0.2) is 5.78 Å². The summed E-state index contributed by atoms with van der Waals surface area (Å²) in [5.41, 5.74) is 1.15. The van der Waals surface area contributed by atoms with Crippen LogP contribution in [0, 0.1) is 0 Å². The van der Waals surface area contributed by atoms with Gasteiger partial charge in [-0.15, -0.1) is 0 Å². The van der Waals surface area contributed by atoms with Crippen molar-refractivity contribution in [1.29, 1.82) is 0 Å². The second kappa shape index (κ2) is 5.00. The number of halogens is 3. The van der Waals surface area contributed by atoms with Gasteiger partial charge in [-0.3, -0.25) is 4.79 Å². The van der Waals surface area contributed by atoms with Crippen molar-refractivity contribution in [3.8, 4) is 0 Å². The van der Waals surface area contributed by atoms with Gasteiger partial charge in [0, 0.05) is 30.8 Å². The average Bonchev–Trinajstić information content (AvgIpc) is 2.67. The SMILES string of the molecule is O=C(c1cc(Br)ccc1Cl)c1cscc1Br. The summed E-state index contributed by atoms with van der Waals surface area (Å²) in [5.74, 6) is -0.0700. The van der Waals surface area contributed by atoms with E-state index in [0.29, 0.717) is 16.1 Å². The van der Waals surface area contributed by atoms with Gasteiger partial charge in [0.05, 0.1) is 5.02 Å². The molecule has 0 N–H and O–H groups in total. The Hall–Kier alpha value is -0.160. The molecule has 0 unspecified atom stereocenters. The lowest BCUT2D eigenvalue weighted by molar-refractivity contribution is 0.103. The van der Waals surface area contributed by atoms with E-state index >= 15 is 0 Å². The fraction of sp³-hybridized carbons (Fsp3) is 0. The van der Waals surface area contributed by atoms with Crippen molar-refractivity contribution in [2.24, 2.45) is 0 Å². The monoisotopic (exact) mass is 378 g/mol. The first-order chi connectivity index (χ1) is 7.59. The summed E-state index contributed by atoms with van der Waals surface area (Å²) in [4.78, 5) is 12.2. The normalized spacial score (nSPS) is 10.4. The third-order valence-corrected chi connectivity index (χ3v) is 4.56. The Morgan fingerprint density at radius 3 is 2.56 bits per heavy atom. The smallest absolute Gasteiger partial charge is 0.196 e. The molecule has 5 heteroatoms. The fourth-order valence-electron chi connectivity index (χ4n) is 1.26. The number of thiophene rings is 1. The van der Waals surface area contributed by atoms with Gasteiger partial charge in [0.2, 0.25) is 0 Å². The van der Waals surface area contributed by atoms with Crippen molar-refractivity contribution >= 4 is 60.6 Å². The van der Waals surface area contributed by atoms with E-state index < -0.39 is 0 Å². The summed E-state index contributed by atoms with van der Waals surface area (Å²) in [5, 5.41) is 4.15. The lowest BCUT2D eigenvalue weighted by Gasteiger charge is -2.03. The van der Waals surface area contributed by atoms with Crippen LogP contribution >= 0.6 is 54.8 Å². The first-order valence-corrected chi connectivity index (χ1v) is 7.21. The molecule has 1 aromatic heterocycles. The topological polar surface area (TPSA) is 17.1 Å². The van der Waals surface area contributed by atoms with Crippen LogP contribution in [0.3, 0.4) is 0 Å². The van der Waals surface area contributed by atoms with Gasteiger partial charge in [-0.25, -0.2) is 0 Å². The van der Waals surface area contributed by atoms with Crippen LogP contribution in [0.4, 0.5) is 0 Å². The van der Waals surface area contributed by atoms with E-state index in [4.69, 9.17) is 11.6 Å². The highest BCUT2D eigenvalue weighted by Crippen LogP contribution is 2.28. The third kappa shape index (κ3) is 2.40. The Morgan fingerprint density at radius 1 is 1.19 bits per heavy atom. The largest absolute Gasteiger partial charge is 0.288 e. The summed E-state index contributed by atoms with van der Waals surface area (Å²) in [6.07, 6.45) is 0. The Morgan fingerprint density at radius 2 is 1.94 bits per heavy atom. The van der Waals surface area contributed by atoms with Crippen molar-refractivity contribution in [2.75, 3.05) is 0 Å². The number of carbonyl (C=O) groups excluding carboxylic acids is 1. The number of carbonyl (C=O) groups is 1. The molecule has 82 valence electrons. The highest BCUT2D eigenvalue weighted by molar-refractivity contribution is 9.10. The Bertz CT molecular complexity index is 551. The maximum Gasteiger partial charge on any atom is 0.196 e. The minimum Gasteiger partial charge on any atom is -0.288 e. The highest BCUT2D eigenvalue weighted by Gasteiger charge is 2.16. The molecule has 16 heavy (non-hydrogen) atoms. The van der Waals surface area contributed by atoms with Gasteiger partial charge in [-0.2, -0.15) is 11.3 Å². The molecule has 0 fully saturated rings. The first-order valence-electron chi connectivity index (χ1n) is 4.31. The van der Waals surface area contributed by atoms with E-state index in [1.54, 1.807) is 12.1 Å². The van der Waals surface area contributed by atoms with Crippen molar-refractivity contribution in [3.05, 3.63) is 54.1 Å². The molecular formula is C11H5Br2ClOS. The van der Waals surface area contributed by atoms with Gasteiger partial charge in [-0.1, -0.05) is 27.5 Å². The zero-order valence-electron chi connectivity index (χ0n) is 7.84. The maximum absolute atomic E-state index is 12.2. The predicted octanol–water partition coefficient (Wildman–Crippen LogP) is 5.16. The second-order valence-electron chi connectivity index (χ2n) is 3.09. The van der Waals surface area contributed by atoms with Gasteiger partial charge in [-0.05, 0) is 34.1 Å². The number of benzene rings is 1. The van der Waals surface area contributed by atoms with E-state index in [9.17, 15) is 4.79 Å². The number of rotatable bonds is 2. The quantitative estimate of drug-likeness (QED) is 0.658. The molecule has 2 rings (SSSR count). The van der Waals surface area contributed by atoms with Gasteiger partial charge < -0.3 is 0 Å². The molecule has 0 aliphatic heterocycles. The molecule has 2 aromatic rings. The van der Waals surface area contributed by atoms with Crippen LogP contribution in [-0.4, -0.2) is 5.78 Å². The van der Waals surface area contributed by atoms with E-state index in [2.05, 4.69) is 31.9 Å². The van der Waals surface area contributed by atoms with E-state index in [-0.39, 0.29) is 5.78 Å². The first kappa shape index (κ1) is 12.3. The molecule has 1 nitrogen and oxygen atoms in total. The minimum atomic E-state index is -0.0700. The van der Waals surface area contributed by atoms with Crippen LogP contribution in [0.25, 0.3) is 0 Å². The van der Waals surface area contributed by atoms with Crippen LogP contribution in [-0.2, 0) is 0 Å². The summed E-state index contributed by atoms with van der Waals surface area (Å²) < 4.78 is 1.64. The molecule has 0 saturated carbocycles. The molecule has 0 amide bonds. The predicted molar refractivity (Wildman–Crippen MR) is 74.6 cm³/mol. The van der Waals surface area contributed by atoms with Gasteiger partial charge in [0.25, 0.3) is 0 Å². The molecule has 0 bridgehead atoms. The van der Waals surface area contributed by atoms with Crippen LogP contribution in [0.1, 0.15) is 15.9 Å². The molecule has 0 aliphatic carbocycles. The average molecular weight is 380 g/mol. The zero-order valence-corrected chi connectivity index (χ0v) is 12.6. The van der Waals surface area contributed by atoms with Gasteiger partial charge >= 0.3 is 0 Å². The Balaban J connectivity index is 2.49. The third-order valence-electron chi connectivity index (χ3n) is 2.03. The van der Waals surface area contributed by atoms with Crippen molar-refractivity contribution in [2.45, 2.75) is 0 Å². The molecular weight excluding hydrogens is 375 g/mol. The number of hydrogen-bond donors (Lipinski definition) is 0. The molecule has 0 aliphatic rings. The van der Waals surface area contributed by atoms with E-state index in [1.807, 2.05) is 16.8 Å². The molecule has 1 aromatic carbocycles. The van der Waals surface area contributed by atoms with Crippen LogP contribution in [0.15, 0.2) is 37.9 Å². The Labute approximate surface area is 119 Å². The fourth-order valence-corrected chi connectivity index (χ4v) is 3.28.